The average Bonchev–Trinajstić information content (AvgIpc) is 3.47. The van der Waals surface area contributed by atoms with Crippen molar-refractivity contribution in [1.29, 1.82) is 5.41 Å². The van der Waals surface area contributed by atoms with Gasteiger partial charge in [0.25, 0.3) is 0 Å². The van der Waals surface area contributed by atoms with Crippen molar-refractivity contribution in [2.45, 2.75) is 25.6 Å². The Kier molecular flexibility index (Phi) is 5.77. The fraction of sp³-hybridized carbons (Fsp3) is 0.350. The highest BCUT2D eigenvalue weighted by atomic mass is 19.1. The Morgan fingerprint density at radius 2 is 2.23 bits per heavy atom. The fourth-order valence-electron chi connectivity index (χ4n) is 3.46. The van der Waals surface area contributed by atoms with Crippen LogP contribution in [0.5, 0.6) is 0 Å². The summed E-state index contributed by atoms with van der Waals surface area (Å²) in [6.45, 7) is 0.311. The summed E-state index contributed by atoms with van der Waals surface area (Å²) >= 11 is 0. The molecular formula is C20H25FN8O. The first kappa shape index (κ1) is 20.0. The number of hydrogen-bond acceptors (Lipinski definition) is 9. The third-order valence-electron chi connectivity index (χ3n) is 5.10. The molecule has 1 unspecified atom stereocenters. The molecule has 1 aliphatic carbocycles. The van der Waals surface area contributed by atoms with Crippen molar-refractivity contribution in [1.82, 2.24) is 20.8 Å². The second kappa shape index (κ2) is 8.64. The van der Waals surface area contributed by atoms with Crippen LogP contribution in [0.15, 0.2) is 36.2 Å². The first-order chi connectivity index (χ1) is 14.6. The number of nitrogens with zero attached hydrogens (tertiary/aromatic N) is 3. The topological polar surface area (TPSA) is 135 Å². The number of aromatic nitrogens is 2. The highest BCUT2D eigenvalue weighted by Gasteiger charge is 2.30. The molecule has 0 amide bonds. The van der Waals surface area contributed by atoms with Crippen LogP contribution in [0.1, 0.15) is 24.0 Å². The van der Waals surface area contributed by atoms with Gasteiger partial charge in [-0.25, -0.2) is 14.8 Å². The summed E-state index contributed by atoms with van der Waals surface area (Å²) in [6, 6.07) is 4.28. The molecule has 10 heteroatoms. The van der Waals surface area contributed by atoms with E-state index in [4.69, 9.17) is 11.1 Å². The lowest BCUT2D eigenvalue weighted by Crippen LogP contribution is -2.37. The predicted molar refractivity (Wildman–Crippen MR) is 113 cm³/mol. The van der Waals surface area contributed by atoms with E-state index < -0.39 is 5.82 Å². The number of nitrogens with two attached hydrogens (primary N) is 1. The third-order valence-corrected chi connectivity index (χ3v) is 5.10. The Labute approximate surface area is 173 Å². The number of nitrogen functional groups attached to an aromatic ring is 1. The van der Waals surface area contributed by atoms with Crippen LogP contribution in [0.4, 0.5) is 21.8 Å². The minimum absolute atomic E-state index is 0.0952. The van der Waals surface area contributed by atoms with Crippen LogP contribution in [0, 0.1) is 17.1 Å². The van der Waals surface area contributed by atoms with Gasteiger partial charge in [0, 0.05) is 42.4 Å². The van der Waals surface area contributed by atoms with Gasteiger partial charge in [0.05, 0.1) is 6.61 Å². The Hall–Kier alpha value is -3.24. The summed E-state index contributed by atoms with van der Waals surface area (Å²) in [4.78, 5) is 10.6. The van der Waals surface area contributed by atoms with Gasteiger partial charge >= 0.3 is 0 Å². The summed E-state index contributed by atoms with van der Waals surface area (Å²) in [6.07, 6.45) is 7.16. The Morgan fingerprint density at radius 3 is 2.97 bits per heavy atom. The molecule has 0 spiro atoms. The number of rotatable bonds is 9. The molecule has 1 saturated carbocycles. The molecule has 2 aromatic rings. The molecule has 30 heavy (non-hydrogen) atoms. The smallest absolute Gasteiger partial charge is 0.227 e. The van der Waals surface area contributed by atoms with Crippen LogP contribution in [0.25, 0.3) is 0 Å². The number of benzene rings is 1. The zero-order chi connectivity index (χ0) is 21.1. The lowest BCUT2D eigenvalue weighted by molar-refractivity contribution is 0.300. The summed E-state index contributed by atoms with van der Waals surface area (Å²) in [5.74, 6) is 1.13. The van der Waals surface area contributed by atoms with Gasteiger partial charge in [-0.1, -0.05) is 0 Å². The van der Waals surface area contributed by atoms with Crippen LogP contribution < -0.4 is 26.8 Å². The van der Waals surface area contributed by atoms with Gasteiger partial charge in [0.1, 0.15) is 17.8 Å². The van der Waals surface area contributed by atoms with E-state index in [2.05, 4.69) is 32.2 Å². The van der Waals surface area contributed by atoms with Gasteiger partial charge in [-0.2, -0.15) is 4.98 Å². The highest BCUT2D eigenvalue weighted by Crippen LogP contribution is 2.36. The lowest BCUT2D eigenvalue weighted by atomic mass is 10.1. The second-order valence-electron chi connectivity index (χ2n) is 7.39. The van der Waals surface area contributed by atoms with Crippen LogP contribution in [-0.4, -0.2) is 40.6 Å². The molecule has 1 atom stereocenters. The standard InChI is InChI=1S/C20H25FN8O/c21-14-7-13(15(10-22)16(23)8-14)11-29(5-6-30)20-24-4-3-18(26-20)25-19-9-17(27-28-19)12-1-2-12/h3-4,7-10,12,19,22,27-28,30H,1-2,5-6,11,23H2,(H,24,25,26). The quantitative estimate of drug-likeness (QED) is 0.268. The minimum Gasteiger partial charge on any atom is -0.398 e. The van der Waals surface area contributed by atoms with E-state index in [1.165, 1.54) is 30.7 Å². The average molecular weight is 412 g/mol. The van der Waals surface area contributed by atoms with Crippen LogP contribution in [0.3, 0.4) is 0 Å². The van der Waals surface area contributed by atoms with Gasteiger partial charge in [-0.15, -0.1) is 0 Å². The SMILES string of the molecule is N=Cc1c(N)cc(F)cc1CN(CCO)c1nccc(NC2C=C(C3CC3)NN2)n1. The van der Waals surface area contributed by atoms with Crippen molar-refractivity contribution in [3.63, 3.8) is 0 Å². The molecule has 1 aliphatic heterocycles. The molecule has 9 nitrogen and oxygen atoms in total. The zero-order valence-electron chi connectivity index (χ0n) is 16.4. The third kappa shape index (κ3) is 4.50. The molecule has 7 N–H and O–H groups in total. The Balaban J connectivity index is 1.53. The van der Waals surface area contributed by atoms with Crippen molar-refractivity contribution in [2.75, 3.05) is 29.1 Å². The first-order valence-corrected chi connectivity index (χ1v) is 9.84. The molecule has 1 aromatic heterocycles. The van der Waals surface area contributed by atoms with E-state index in [9.17, 15) is 9.50 Å². The first-order valence-electron chi connectivity index (χ1n) is 9.84. The Morgan fingerprint density at radius 1 is 1.40 bits per heavy atom. The van der Waals surface area contributed by atoms with Gasteiger partial charge in [-0.3, -0.25) is 0 Å². The van der Waals surface area contributed by atoms with Gasteiger partial charge in [0.2, 0.25) is 5.95 Å². The lowest BCUT2D eigenvalue weighted by Gasteiger charge is -2.24. The molecule has 2 heterocycles. The van der Waals surface area contributed by atoms with E-state index in [-0.39, 0.29) is 31.5 Å². The molecule has 0 radical (unpaired) electrons. The molecular weight excluding hydrogens is 387 g/mol. The number of aliphatic hydroxyl groups is 1. The monoisotopic (exact) mass is 412 g/mol. The number of allylic oxidation sites excluding steroid dienone is 1. The van der Waals surface area contributed by atoms with E-state index in [0.717, 1.165) is 6.21 Å². The Bertz CT molecular complexity index is 962. The fourth-order valence-corrected chi connectivity index (χ4v) is 3.46. The van der Waals surface area contributed by atoms with Crippen molar-refractivity contribution < 1.29 is 9.50 Å². The van der Waals surface area contributed by atoms with Gasteiger partial charge in [-0.05, 0) is 48.6 Å². The number of halogens is 1. The van der Waals surface area contributed by atoms with E-state index in [0.29, 0.717) is 28.8 Å². The minimum atomic E-state index is -0.480. The number of nitrogens with one attached hydrogen (secondary N) is 4. The normalized spacial score (nSPS) is 17.9. The van der Waals surface area contributed by atoms with Crippen molar-refractivity contribution >= 4 is 23.7 Å². The number of hydrazine groups is 1. The van der Waals surface area contributed by atoms with E-state index in [1.54, 1.807) is 17.2 Å². The molecule has 4 rings (SSSR count). The van der Waals surface area contributed by atoms with E-state index in [1.807, 2.05) is 0 Å². The van der Waals surface area contributed by atoms with Crippen molar-refractivity contribution in [3.05, 3.63) is 53.1 Å². The highest BCUT2D eigenvalue weighted by molar-refractivity contribution is 5.87. The van der Waals surface area contributed by atoms with Crippen LogP contribution in [0.2, 0.25) is 0 Å². The van der Waals surface area contributed by atoms with Gasteiger partial charge in [0.15, 0.2) is 0 Å². The van der Waals surface area contributed by atoms with E-state index >= 15 is 0 Å². The second-order valence-corrected chi connectivity index (χ2v) is 7.39. The molecule has 2 aliphatic rings. The number of anilines is 3. The van der Waals surface area contributed by atoms with Crippen LogP contribution in [-0.2, 0) is 6.54 Å². The molecule has 158 valence electrons. The summed E-state index contributed by atoms with van der Waals surface area (Å²) in [5, 5.41) is 20.4. The summed E-state index contributed by atoms with van der Waals surface area (Å²) < 4.78 is 13.9. The molecule has 0 saturated heterocycles. The maximum absolute atomic E-state index is 13.9. The van der Waals surface area contributed by atoms with Crippen molar-refractivity contribution in [3.8, 4) is 0 Å². The summed E-state index contributed by atoms with van der Waals surface area (Å²) in [7, 11) is 0. The number of hydrogen-bond donors (Lipinski definition) is 6. The van der Waals surface area contributed by atoms with Crippen LogP contribution >= 0.6 is 0 Å². The maximum atomic E-state index is 13.9. The van der Waals surface area contributed by atoms with Crippen molar-refractivity contribution in [2.24, 2.45) is 5.92 Å². The predicted octanol–water partition coefficient (Wildman–Crippen LogP) is 1.33. The zero-order valence-corrected chi connectivity index (χ0v) is 16.4. The maximum Gasteiger partial charge on any atom is 0.227 e. The summed E-state index contributed by atoms with van der Waals surface area (Å²) in [5.41, 5.74) is 14.6. The molecule has 0 bridgehead atoms. The van der Waals surface area contributed by atoms with Gasteiger partial charge < -0.3 is 31.9 Å². The molecule has 1 fully saturated rings. The largest absolute Gasteiger partial charge is 0.398 e. The molecule has 1 aromatic carbocycles. The number of aliphatic hydroxyl groups excluding tert-OH is 1.